The zero-order chi connectivity index (χ0) is 21.8. The van der Waals surface area contributed by atoms with Crippen LogP contribution in [0.25, 0.3) is 0 Å². The number of carbonyl (C=O) groups excluding carboxylic acids is 1. The van der Waals surface area contributed by atoms with Crippen LogP contribution in [0, 0.1) is 23.6 Å². The van der Waals surface area contributed by atoms with Gasteiger partial charge in [-0.05, 0) is 43.5 Å². The number of amides is 1. The Morgan fingerprint density at radius 2 is 1.71 bits per heavy atom. The zero-order valence-electron chi connectivity index (χ0n) is 17.8. The van der Waals surface area contributed by atoms with E-state index in [0.29, 0.717) is 22.8 Å². The third-order valence-electron chi connectivity index (χ3n) is 7.63. The fraction of sp³-hybridized carbons (Fsp3) is 0.480. The lowest BCUT2D eigenvalue weighted by Crippen LogP contribution is -2.68. The molecule has 4 aliphatic rings. The number of nitrogens with zero attached hydrogens (tertiary/aromatic N) is 2. The van der Waals surface area contributed by atoms with Crippen LogP contribution in [0.1, 0.15) is 36.5 Å². The summed E-state index contributed by atoms with van der Waals surface area (Å²) in [5.74, 6) is 1.83. The largest absolute Gasteiger partial charge is 0.383 e. The first-order valence-electron chi connectivity index (χ1n) is 11.2. The number of hydrogen-bond acceptors (Lipinski definition) is 2. The summed E-state index contributed by atoms with van der Waals surface area (Å²) >= 11 is 6.21. The Kier molecular flexibility index (Phi) is 5.32. The van der Waals surface area contributed by atoms with E-state index in [1.807, 2.05) is 0 Å². The second-order valence-corrected chi connectivity index (χ2v) is 10.4. The third kappa shape index (κ3) is 3.88. The number of likely N-dealkylation sites (N-methyl/N-ethyl adjacent to an activating group) is 1. The molecule has 2 aromatic rings. The Morgan fingerprint density at radius 1 is 1.10 bits per heavy atom. The highest BCUT2D eigenvalue weighted by molar-refractivity contribution is 6.30. The van der Waals surface area contributed by atoms with E-state index in [9.17, 15) is 14.3 Å². The quantitative estimate of drug-likeness (QED) is 0.696. The van der Waals surface area contributed by atoms with Crippen LogP contribution in [0.3, 0.4) is 0 Å². The molecule has 4 fully saturated rings. The summed E-state index contributed by atoms with van der Waals surface area (Å²) in [4.78, 5) is 15.0. The lowest BCUT2D eigenvalue weighted by molar-refractivity contribution is -0.947. The van der Waals surface area contributed by atoms with E-state index in [0.717, 1.165) is 41.9 Å². The molecular formula is C25H29ClFN2O2+. The molecular weight excluding hydrogens is 415 g/mol. The van der Waals surface area contributed by atoms with Crippen LogP contribution in [0.4, 0.5) is 10.1 Å². The summed E-state index contributed by atoms with van der Waals surface area (Å²) in [6, 6.07) is 11.2. The van der Waals surface area contributed by atoms with Crippen molar-refractivity contribution in [1.29, 1.82) is 0 Å². The van der Waals surface area contributed by atoms with Gasteiger partial charge in [0.05, 0.1) is 19.6 Å². The number of aliphatic hydroxyl groups excluding tert-OH is 1. The number of piperidine rings is 3. The highest BCUT2D eigenvalue weighted by Crippen LogP contribution is 2.47. The van der Waals surface area contributed by atoms with Crippen LogP contribution in [0.15, 0.2) is 42.5 Å². The fourth-order valence-corrected chi connectivity index (χ4v) is 6.83. The minimum Gasteiger partial charge on any atom is -0.383 e. The first kappa shape index (κ1) is 20.9. The van der Waals surface area contributed by atoms with Gasteiger partial charge >= 0.3 is 0 Å². The summed E-state index contributed by atoms with van der Waals surface area (Å²) in [5.41, 5.74) is 1.18. The van der Waals surface area contributed by atoms with Crippen molar-refractivity contribution >= 4 is 23.2 Å². The number of quaternary nitrogens is 1. The van der Waals surface area contributed by atoms with Gasteiger partial charge in [-0.3, -0.25) is 4.79 Å². The van der Waals surface area contributed by atoms with E-state index < -0.39 is 11.9 Å². The summed E-state index contributed by atoms with van der Waals surface area (Å²) in [6.07, 6.45) is 2.78. The maximum absolute atomic E-state index is 14.3. The standard InChI is InChI=1S/C25H29ClFN2O2/c1-28(24(30)15-29-12-16-8-17(13-29)10-18(9-16)14-29)23-7-6-19(26)11-21(23)25(31)20-4-2-3-5-22(20)27/h2-7,11,16-18,25,31H,8-10,12-15H2,1H3/q+1. The smallest absolute Gasteiger partial charge is 0.281 e. The van der Waals surface area contributed by atoms with Gasteiger partial charge < -0.3 is 14.5 Å². The molecule has 1 saturated carbocycles. The summed E-state index contributed by atoms with van der Waals surface area (Å²) in [7, 11) is 1.74. The molecule has 1 aliphatic carbocycles. The Morgan fingerprint density at radius 3 is 2.32 bits per heavy atom. The summed E-state index contributed by atoms with van der Waals surface area (Å²) < 4.78 is 15.2. The molecule has 0 aromatic heterocycles. The number of benzene rings is 2. The van der Waals surface area contributed by atoms with Crippen molar-refractivity contribution in [2.75, 3.05) is 38.1 Å². The molecule has 3 heterocycles. The normalized spacial score (nSPS) is 29.7. The fourth-order valence-electron chi connectivity index (χ4n) is 6.65. The Labute approximate surface area is 187 Å². The zero-order valence-corrected chi connectivity index (χ0v) is 18.6. The minimum atomic E-state index is -1.21. The van der Waals surface area contributed by atoms with Crippen LogP contribution in [-0.2, 0) is 4.79 Å². The topological polar surface area (TPSA) is 40.5 Å². The molecule has 1 N–H and O–H groups in total. The van der Waals surface area contributed by atoms with Gasteiger partial charge in [0.2, 0.25) is 0 Å². The molecule has 3 saturated heterocycles. The number of rotatable bonds is 5. The number of anilines is 1. The third-order valence-corrected chi connectivity index (χ3v) is 7.86. The molecule has 0 radical (unpaired) electrons. The molecule has 31 heavy (non-hydrogen) atoms. The van der Waals surface area contributed by atoms with Crippen LogP contribution < -0.4 is 4.90 Å². The molecule has 4 nitrogen and oxygen atoms in total. The van der Waals surface area contributed by atoms with Crippen LogP contribution >= 0.6 is 11.6 Å². The molecule has 6 rings (SSSR count). The van der Waals surface area contributed by atoms with E-state index in [-0.39, 0.29) is 11.5 Å². The predicted octanol–water partition coefficient (Wildman–Crippen LogP) is 4.40. The van der Waals surface area contributed by atoms with Gasteiger partial charge in [0.1, 0.15) is 11.9 Å². The number of carbonyl (C=O) groups is 1. The van der Waals surface area contributed by atoms with Crippen LogP contribution in [0.5, 0.6) is 0 Å². The lowest BCUT2D eigenvalue weighted by atomic mass is 9.67. The minimum absolute atomic E-state index is 0.0336. The van der Waals surface area contributed by atoms with E-state index >= 15 is 0 Å². The molecule has 1 amide bonds. The molecule has 1 unspecified atom stereocenters. The maximum atomic E-state index is 14.3. The maximum Gasteiger partial charge on any atom is 0.281 e. The number of halogens is 2. The molecule has 6 heteroatoms. The Hall–Kier alpha value is -1.95. The molecule has 0 spiro atoms. The first-order chi connectivity index (χ1) is 14.8. The average Bonchev–Trinajstić information content (AvgIpc) is 2.71. The molecule has 2 aromatic carbocycles. The van der Waals surface area contributed by atoms with Gasteiger partial charge in [-0.1, -0.05) is 29.8 Å². The van der Waals surface area contributed by atoms with Gasteiger partial charge in [0, 0.05) is 46.6 Å². The second-order valence-electron chi connectivity index (χ2n) is 9.93. The highest BCUT2D eigenvalue weighted by Gasteiger charge is 2.52. The molecule has 164 valence electrons. The van der Waals surface area contributed by atoms with Gasteiger partial charge in [-0.15, -0.1) is 0 Å². The number of hydrogen-bond donors (Lipinski definition) is 1. The van der Waals surface area contributed by atoms with Gasteiger partial charge in [0.25, 0.3) is 5.91 Å². The van der Waals surface area contributed by atoms with Gasteiger partial charge in [-0.25, -0.2) is 4.39 Å². The van der Waals surface area contributed by atoms with Crippen molar-refractivity contribution in [1.82, 2.24) is 0 Å². The Bertz CT molecular complexity index is 975. The monoisotopic (exact) mass is 443 g/mol. The van der Waals surface area contributed by atoms with Crippen molar-refractivity contribution < 1.29 is 18.8 Å². The van der Waals surface area contributed by atoms with Crippen molar-refractivity contribution in [2.45, 2.75) is 25.4 Å². The highest BCUT2D eigenvalue weighted by atomic mass is 35.5. The van der Waals surface area contributed by atoms with Crippen molar-refractivity contribution in [3.8, 4) is 0 Å². The second kappa shape index (κ2) is 7.88. The van der Waals surface area contributed by atoms with Gasteiger partial charge in [0.15, 0.2) is 6.54 Å². The number of aliphatic hydroxyl groups is 1. The molecule has 3 aliphatic heterocycles. The SMILES string of the molecule is CN(C(=O)C[N+]12CC3CC(CC(C3)C1)C2)c1ccc(Cl)cc1C(O)c1ccccc1F. The Balaban J connectivity index is 1.41. The van der Waals surface area contributed by atoms with Crippen molar-refractivity contribution in [3.05, 3.63) is 64.4 Å². The van der Waals surface area contributed by atoms with Crippen LogP contribution in [-0.4, -0.2) is 48.7 Å². The molecule has 1 atom stereocenters. The van der Waals surface area contributed by atoms with E-state index in [1.54, 1.807) is 48.3 Å². The van der Waals surface area contributed by atoms with E-state index in [1.165, 1.54) is 25.3 Å². The van der Waals surface area contributed by atoms with E-state index in [2.05, 4.69) is 0 Å². The van der Waals surface area contributed by atoms with Crippen molar-refractivity contribution in [2.24, 2.45) is 17.8 Å². The summed E-state index contributed by atoms with van der Waals surface area (Å²) in [6.45, 7) is 3.81. The van der Waals surface area contributed by atoms with Gasteiger partial charge in [-0.2, -0.15) is 0 Å². The van der Waals surface area contributed by atoms with E-state index in [4.69, 9.17) is 11.6 Å². The molecule has 4 bridgehead atoms. The predicted molar refractivity (Wildman–Crippen MR) is 119 cm³/mol. The average molecular weight is 444 g/mol. The first-order valence-corrected chi connectivity index (χ1v) is 11.5. The summed E-state index contributed by atoms with van der Waals surface area (Å²) in [5, 5.41) is 11.4. The van der Waals surface area contributed by atoms with Crippen LogP contribution in [0.2, 0.25) is 5.02 Å². The lowest BCUT2D eigenvalue weighted by Gasteiger charge is -2.57. The van der Waals surface area contributed by atoms with Crippen molar-refractivity contribution in [3.63, 3.8) is 0 Å².